The lowest BCUT2D eigenvalue weighted by atomic mass is 10.0. The molecule has 0 fully saturated rings. The maximum absolute atomic E-state index is 12.9. The van der Waals surface area contributed by atoms with E-state index in [0.29, 0.717) is 19.3 Å². The fourth-order valence-corrected chi connectivity index (χ4v) is 11.1. The van der Waals surface area contributed by atoms with E-state index in [1.807, 2.05) is 0 Å². The molecule has 1 atom stereocenters. The molecule has 0 N–H and O–H groups in total. The molecule has 0 bridgehead atoms. The maximum Gasteiger partial charge on any atom is 0.306 e. The summed E-state index contributed by atoms with van der Waals surface area (Å²) in [6.45, 7) is 6.55. The third kappa shape index (κ3) is 69.8. The average molecular weight is 1160 g/mol. The highest BCUT2D eigenvalue weighted by Gasteiger charge is 2.19. The minimum atomic E-state index is -0.775. The monoisotopic (exact) mass is 1160 g/mol. The molecule has 0 saturated carbocycles. The van der Waals surface area contributed by atoms with E-state index >= 15 is 0 Å². The van der Waals surface area contributed by atoms with Gasteiger partial charge in [0.15, 0.2) is 6.10 Å². The van der Waals surface area contributed by atoms with E-state index in [4.69, 9.17) is 14.2 Å². The SMILES string of the molecule is CC/C=C\C/C=C\C/C=C\C/C=C\C/C=C\CCCCCCCCCCCC(=O)OC(COC(=O)CCCCCCCCCC)COC(=O)CCCCCCCCCCCCCCCCCCCCCCCCCCCCCCCCCC. The van der Waals surface area contributed by atoms with Crippen LogP contribution in [0.5, 0.6) is 0 Å². The topological polar surface area (TPSA) is 78.9 Å². The van der Waals surface area contributed by atoms with Crippen molar-refractivity contribution in [2.45, 2.75) is 399 Å². The van der Waals surface area contributed by atoms with Gasteiger partial charge in [-0.2, -0.15) is 0 Å². The van der Waals surface area contributed by atoms with Crippen molar-refractivity contribution in [3.8, 4) is 0 Å². The Labute approximate surface area is 517 Å². The maximum atomic E-state index is 12.9. The minimum absolute atomic E-state index is 0.0719. The average Bonchev–Trinajstić information content (AvgIpc) is 3.49. The second kappa shape index (κ2) is 71.6. The first-order valence-corrected chi connectivity index (χ1v) is 36.8. The molecule has 484 valence electrons. The van der Waals surface area contributed by atoms with Gasteiger partial charge in [0.1, 0.15) is 13.2 Å². The van der Waals surface area contributed by atoms with Crippen molar-refractivity contribution in [2.24, 2.45) is 0 Å². The zero-order valence-corrected chi connectivity index (χ0v) is 55.7. The number of carbonyl (C=O) groups is 3. The Hall–Kier alpha value is -2.89. The molecule has 0 radical (unpaired) electrons. The molecule has 0 aliphatic heterocycles. The van der Waals surface area contributed by atoms with Crippen LogP contribution < -0.4 is 0 Å². The molecule has 0 spiro atoms. The van der Waals surface area contributed by atoms with E-state index in [-0.39, 0.29) is 31.1 Å². The third-order valence-electron chi connectivity index (χ3n) is 16.5. The molecule has 0 aliphatic carbocycles. The highest BCUT2D eigenvalue weighted by molar-refractivity contribution is 5.71. The zero-order valence-electron chi connectivity index (χ0n) is 55.7. The summed E-state index contributed by atoms with van der Waals surface area (Å²) in [5.74, 6) is -0.860. The second-order valence-electron chi connectivity index (χ2n) is 24.8. The van der Waals surface area contributed by atoms with Crippen molar-refractivity contribution in [3.05, 3.63) is 60.8 Å². The summed E-state index contributed by atoms with van der Waals surface area (Å²) in [7, 11) is 0. The van der Waals surface area contributed by atoms with Crippen molar-refractivity contribution in [3.63, 3.8) is 0 Å². The lowest BCUT2D eigenvalue weighted by Crippen LogP contribution is -2.30. The number of esters is 3. The largest absolute Gasteiger partial charge is 0.462 e. The molecule has 6 heteroatoms. The quantitative estimate of drug-likeness (QED) is 0.0261. The van der Waals surface area contributed by atoms with Gasteiger partial charge < -0.3 is 14.2 Å². The fraction of sp³-hybridized carbons (Fsp3) is 0.831. The molecular weight excluding hydrogens is 1020 g/mol. The van der Waals surface area contributed by atoms with Gasteiger partial charge in [-0.25, -0.2) is 0 Å². The number of hydrogen-bond donors (Lipinski definition) is 0. The van der Waals surface area contributed by atoms with E-state index in [1.54, 1.807) is 0 Å². The summed E-state index contributed by atoms with van der Waals surface area (Å²) < 4.78 is 16.9. The summed E-state index contributed by atoms with van der Waals surface area (Å²) >= 11 is 0. The Morgan fingerprint density at radius 2 is 0.470 bits per heavy atom. The van der Waals surface area contributed by atoms with Crippen molar-refractivity contribution in [1.29, 1.82) is 0 Å². The van der Waals surface area contributed by atoms with Gasteiger partial charge in [-0.05, 0) is 64.2 Å². The minimum Gasteiger partial charge on any atom is -0.462 e. The molecule has 83 heavy (non-hydrogen) atoms. The van der Waals surface area contributed by atoms with Crippen LogP contribution in [0.1, 0.15) is 393 Å². The molecule has 1 unspecified atom stereocenters. The van der Waals surface area contributed by atoms with Gasteiger partial charge in [0.2, 0.25) is 0 Å². The zero-order chi connectivity index (χ0) is 59.9. The predicted octanol–water partition coefficient (Wildman–Crippen LogP) is 25.5. The first-order chi connectivity index (χ1) is 41.0. The van der Waals surface area contributed by atoms with Gasteiger partial charge in [0, 0.05) is 19.3 Å². The summed E-state index contributed by atoms with van der Waals surface area (Å²) in [6, 6.07) is 0. The number of ether oxygens (including phenoxy) is 3. The first-order valence-electron chi connectivity index (χ1n) is 36.8. The van der Waals surface area contributed by atoms with Gasteiger partial charge in [-0.3, -0.25) is 14.4 Å². The van der Waals surface area contributed by atoms with E-state index in [1.165, 1.54) is 257 Å². The van der Waals surface area contributed by atoms with Crippen molar-refractivity contribution in [2.75, 3.05) is 13.2 Å². The van der Waals surface area contributed by atoms with Crippen LogP contribution in [-0.2, 0) is 28.6 Å². The van der Waals surface area contributed by atoms with E-state index < -0.39 is 6.10 Å². The van der Waals surface area contributed by atoms with Crippen LogP contribution in [0.3, 0.4) is 0 Å². The second-order valence-corrected chi connectivity index (χ2v) is 24.8. The number of allylic oxidation sites excluding steroid dienone is 10. The smallest absolute Gasteiger partial charge is 0.306 e. The van der Waals surface area contributed by atoms with E-state index in [9.17, 15) is 14.4 Å². The van der Waals surface area contributed by atoms with Gasteiger partial charge in [0.25, 0.3) is 0 Å². The standard InChI is InChI=1S/C77H140O6/c1-4-7-10-13-16-19-21-23-25-27-29-31-33-35-36-37-38-39-40-41-43-44-46-48-50-52-54-56-58-61-64-67-70-76(79)82-73-74(72-81-75(78)69-66-63-60-18-15-12-9-6-3)83-77(80)71-68-65-62-59-57-55-53-51-49-47-45-42-34-32-30-28-26-24-22-20-17-14-11-8-5-2/h8,11,17,20,24,26,30,32,42,45,74H,4-7,9-10,12-16,18-19,21-23,25,27-29,31,33-41,43-44,46-73H2,1-3H3/b11-8-,20-17-,26-24-,32-30-,45-42-. The molecular formula is C77H140O6. The van der Waals surface area contributed by atoms with Crippen LogP contribution in [0.25, 0.3) is 0 Å². The lowest BCUT2D eigenvalue weighted by molar-refractivity contribution is -0.167. The molecule has 0 saturated heterocycles. The normalized spacial score (nSPS) is 12.4. The summed E-state index contributed by atoms with van der Waals surface area (Å²) in [5.41, 5.74) is 0. The van der Waals surface area contributed by atoms with Crippen molar-refractivity contribution in [1.82, 2.24) is 0 Å². The Morgan fingerprint density at radius 3 is 0.735 bits per heavy atom. The molecule has 0 aromatic carbocycles. The van der Waals surface area contributed by atoms with E-state index in [2.05, 4.69) is 81.5 Å². The number of hydrogen-bond acceptors (Lipinski definition) is 6. The molecule has 0 heterocycles. The van der Waals surface area contributed by atoms with Gasteiger partial charge in [0.05, 0.1) is 0 Å². The molecule has 0 aromatic heterocycles. The number of unbranched alkanes of at least 4 members (excludes halogenated alkanes) is 47. The van der Waals surface area contributed by atoms with Gasteiger partial charge >= 0.3 is 17.9 Å². The Kier molecular flexibility index (Phi) is 69.1. The van der Waals surface area contributed by atoms with Crippen LogP contribution in [0.2, 0.25) is 0 Å². The van der Waals surface area contributed by atoms with Crippen LogP contribution >= 0.6 is 0 Å². The van der Waals surface area contributed by atoms with Crippen LogP contribution in [0.15, 0.2) is 60.8 Å². The first kappa shape index (κ1) is 80.1. The van der Waals surface area contributed by atoms with Gasteiger partial charge in [-0.1, -0.05) is 370 Å². The van der Waals surface area contributed by atoms with Crippen LogP contribution in [0, 0.1) is 0 Å². The molecule has 0 aliphatic rings. The Balaban J connectivity index is 4.04. The molecule has 6 nitrogen and oxygen atoms in total. The summed E-state index contributed by atoms with van der Waals surface area (Å²) in [4.78, 5) is 38.3. The van der Waals surface area contributed by atoms with E-state index in [0.717, 1.165) is 96.3 Å². The summed E-state index contributed by atoms with van der Waals surface area (Å²) in [6.07, 6.45) is 92.9. The van der Waals surface area contributed by atoms with Gasteiger partial charge in [-0.15, -0.1) is 0 Å². The van der Waals surface area contributed by atoms with Crippen molar-refractivity contribution < 1.29 is 28.6 Å². The molecule has 0 aromatic rings. The lowest BCUT2D eigenvalue weighted by Gasteiger charge is -2.18. The summed E-state index contributed by atoms with van der Waals surface area (Å²) in [5, 5.41) is 0. The predicted molar refractivity (Wildman–Crippen MR) is 362 cm³/mol. The number of rotatable bonds is 68. The molecule has 0 amide bonds. The number of carbonyl (C=O) groups excluding carboxylic acids is 3. The highest BCUT2D eigenvalue weighted by atomic mass is 16.6. The third-order valence-corrected chi connectivity index (χ3v) is 16.5. The van der Waals surface area contributed by atoms with Crippen LogP contribution in [0.4, 0.5) is 0 Å². The Morgan fingerprint density at radius 1 is 0.253 bits per heavy atom. The molecule has 0 rings (SSSR count). The highest BCUT2D eigenvalue weighted by Crippen LogP contribution is 2.19. The fourth-order valence-electron chi connectivity index (χ4n) is 11.1. The van der Waals surface area contributed by atoms with Crippen LogP contribution in [-0.4, -0.2) is 37.2 Å². The Bertz CT molecular complexity index is 1470. The van der Waals surface area contributed by atoms with Crippen molar-refractivity contribution >= 4 is 17.9 Å².